The van der Waals surface area contributed by atoms with E-state index in [-0.39, 0.29) is 24.3 Å². The van der Waals surface area contributed by atoms with Gasteiger partial charge in [0.1, 0.15) is 17.6 Å². The molecule has 1 unspecified atom stereocenters. The third-order valence-corrected chi connectivity index (χ3v) is 4.23. The molecule has 3 rings (SSSR count). The van der Waals surface area contributed by atoms with Gasteiger partial charge in [0.25, 0.3) is 5.91 Å². The number of hydrogen-bond donors (Lipinski definition) is 1. The van der Waals surface area contributed by atoms with Crippen molar-refractivity contribution in [3.05, 3.63) is 59.2 Å². The van der Waals surface area contributed by atoms with Crippen molar-refractivity contribution in [3.63, 3.8) is 0 Å². The Kier molecular flexibility index (Phi) is 4.36. The van der Waals surface area contributed by atoms with E-state index in [1.165, 1.54) is 24.3 Å². The Morgan fingerprint density at radius 1 is 1.46 bits per heavy atom. The highest BCUT2D eigenvalue weighted by molar-refractivity contribution is 5.93. The molecule has 6 heteroatoms. The van der Waals surface area contributed by atoms with E-state index in [0.29, 0.717) is 16.8 Å². The maximum absolute atomic E-state index is 13.0. The second-order valence-electron chi connectivity index (χ2n) is 6.09. The maximum Gasteiger partial charge on any atom is 0.270 e. The molecule has 1 aromatic heterocycles. The van der Waals surface area contributed by atoms with Crippen LogP contribution in [0.2, 0.25) is 0 Å². The van der Waals surface area contributed by atoms with E-state index in [9.17, 15) is 14.3 Å². The molecular weight excluding hydrogens is 309 g/mol. The van der Waals surface area contributed by atoms with E-state index < -0.39 is 6.10 Å². The van der Waals surface area contributed by atoms with Crippen LogP contribution in [0.1, 0.15) is 40.6 Å². The van der Waals surface area contributed by atoms with Crippen molar-refractivity contribution >= 4 is 5.91 Å². The third-order valence-electron chi connectivity index (χ3n) is 4.23. The predicted octanol–water partition coefficient (Wildman–Crippen LogP) is 2.37. The summed E-state index contributed by atoms with van der Waals surface area (Å²) in [6.45, 7) is 0.141. The molecule has 5 nitrogen and oxygen atoms in total. The summed E-state index contributed by atoms with van der Waals surface area (Å²) in [4.78, 5) is 14.5. The molecule has 1 fully saturated rings. The average Bonchev–Trinajstić information content (AvgIpc) is 3.34. The zero-order chi connectivity index (χ0) is 17.3. The highest BCUT2D eigenvalue weighted by atomic mass is 19.1. The fourth-order valence-electron chi connectivity index (χ4n) is 2.75. The van der Waals surface area contributed by atoms with Gasteiger partial charge < -0.3 is 14.6 Å². The van der Waals surface area contributed by atoms with Crippen LogP contribution in [0.3, 0.4) is 0 Å². The first-order valence-electron chi connectivity index (χ1n) is 7.80. The van der Waals surface area contributed by atoms with E-state index in [0.717, 1.165) is 12.8 Å². The molecule has 1 atom stereocenters. The van der Waals surface area contributed by atoms with Crippen LogP contribution in [0.4, 0.5) is 4.39 Å². The fraction of sp³-hybridized carbons (Fsp3) is 0.333. The van der Waals surface area contributed by atoms with Crippen LogP contribution in [0.25, 0.3) is 0 Å². The number of carbonyl (C=O) groups excluding carboxylic acids is 1. The Morgan fingerprint density at radius 3 is 2.67 bits per heavy atom. The Balaban J connectivity index is 1.79. The van der Waals surface area contributed by atoms with E-state index in [4.69, 9.17) is 5.26 Å². The molecule has 1 amide bonds. The van der Waals surface area contributed by atoms with Gasteiger partial charge in [-0.2, -0.15) is 5.26 Å². The van der Waals surface area contributed by atoms with Gasteiger partial charge in [-0.1, -0.05) is 12.1 Å². The number of nitrogens with zero attached hydrogens (tertiary/aromatic N) is 3. The summed E-state index contributed by atoms with van der Waals surface area (Å²) in [6, 6.07) is 9.30. The van der Waals surface area contributed by atoms with Gasteiger partial charge >= 0.3 is 0 Å². The van der Waals surface area contributed by atoms with E-state index in [2.05, 4.69) is 0 Å². The van der Waals surface area contributed by atoms with Crippen LogP contribution in [0.15, 0.2) is 36.5 Å². The largest absolute Gasteiger partial charge is 0.387 e. The van der Waals surface area contributed by atoms with Gasteiger partial charge in [0.15, 0.2) is 0 Å². The number of halogens is 1. The average molecular weight is 327 g/mol. The fourth-order valence-corrected chi connectivity index (χ4v) is 2.75. The number of aliphatic hydroxyl groups excluding tert-OH is 1. The monoisotopic (exact) mass is 327 g/mol. The molecule has 0 bridgehead atoms. The van der Waals surface area contributed by atoms with Crippen molar-refractivity contribution in [3.8, 4) is 6.07 Å². The molecule has 1 aliphatic rings. The third kappa shape index (κ3) is 3.31. The minimum Gasteiger partial charge on any atom is -0.387 e. The van der Waals surface area contributed by atoms with Gasteiger partial charge in [0, 0.05) is 19.3 Å². The number of carbonyl (C=O) groups is 1. The van der Waals surface area contributed by atoms with E-state index in [1.807, 2.05) is 6.07 Å². The van der Waals surface area contributed by atoms with Crippen LogP contribution in [0.5, 0.6) is 0 Å². The second-order valence-corrected chi connectivity index (χ2v) is 6.09. The number of rotatable bonds is 5. The topological polar surface area (TPSA) is 69.3 Å². The SMILES string of the molecule is Cn1cc(C#N)cc1C(=O)N(CC(O)c1ccc(F)cc1)C1CC1. The highest BCUT2D eigenvalue weighted by Crippen LogP contribution is 2.30. The standard InChI is InChI=1S/C18H18FN3O2/c1-21-10-12(9-20)8-16(21)18(24)22(15-6-7-15)11-17(23)13-2-4-14(19)5-3-13/h2-5,8,10,15,17,23H,6-7,11H2,1H3. The molecule has 1 aromatic carbocycles. The molecule has 1 aliphatic carbocycles. The van der Waals surface area contributed by atoms with Gasteiger partial charge in [-0.15, -0.1) is 0 Å². The first kappa shape index (κ1) is 16.2. The van der Waals surface area contributed by atoms with Crippen LogP contribution in [-0.4, -0.2) is 33.1 Å². The molecule has 0 spiro atoms. The van der Waals surface area contributed by atoms with Crippen LogP contribution in [-0.2, 0) is 7.05 Å². The van der Waals surface area contributed by atoms with Crippen molar-refractivity contribution in [2.24, 2.45) is 7.05 Å². The number of aliphatic hydroxyl groups is 1. The summed E-state index contributed by atoms with van der Waals surface area (Å²) in [7, 11) is 1.72. The Bertz CT molecular complexity index is 788. The number of nitriles is 1. The van der Waals surface area contributed by atoms with Gasteiger partial charge in [-0.25, -0.2) is 4.39 Å². The Labute approximate surface area is 139 Å². The number of benzene rings is 1. The summed E-state index contributed by atoms with van der Waals surface area (Å²) in [5.41, 5.74) is 1.42. The molecule has 1 heterocycles. The number of aryl methyl sites for hydroxylation is 1. The van der Waals surface area contributed by atoms with Gasteiger partial charge in [-0.05, 0) is 36.6 Å². The lowest BCUT2D eigenvalue weighted by molar-refractivity contribution is 0.0594. The molecule has 0 radical (unpaired) electrons. The molecule has 2 aromatic rings. The zero-order valence-corrected chi connectivity index (χ0v) is 13.3. The smallest absolute Gasteiger partial charge is 0.270 e. The number of amides is 1. The van der Waals surface area contributed by atoms with Crippen LogP contribution < -0.4 is 0 Å². The lowest BCUT2D eigenvalue weighted by Crippen LogP contribution is -2.37. The lowest BCUT2D eigenvalue weighted by Gasteiger charge is -2.25. The summed E-state index contributed by atoms with van der Waals surface area (Å²) < 4.78 is 14.6. The molecule has 124 valence electrons. The summed E-state index contributed by atoms with van der Waals surface area (Å²) in [5, 5.41) is 19.4. The normalized spacial score (nSPS) is 14.9. The van der Waals surface area contributed by atoms with E-state index in [1.54, 1.807) is 28.8 Å². The minimum absolute atomic E-state index is 0.105. The Hall–Kier alpha value is -2.65. The number of aromatic nitrogens is 1. The van der Waals surface area contributed by atoms with E-state index >= 15 is 0 Å². The maximum atomic E-state index is 13.0. The molecule has 0 aliphatic heterocycles. The van der Waals surface area contributed by atoms with Gasteiger partial charge in [0.05, 0.1) is 18.2 Å². The number of hydrogen-bond acceptors (Lipinski definition) is 3. The molecule has 24 heavy (non-hydrogen) atoms. The van der Waals surface area contributed by atoms with Crippen LogP contribution in [0, 0.1) is 17.1 Å². The van der Waals surface area contributed by atoms with Crippen molar-refractivity contribution in [2.75, 3.05) is 6.54 Å². The minimum atomic E-state index is -0.883. The van der Waals surface area contributed by atoms with Crippen molar-refractivity contribution in [1.29, 1.82) is 5.26 Å². The van der Waals surface area contributed by atoms with Gasteiger partial charge in [0.2, 0.25) is 0 Å². The lowest BCUT2D eigenvalue weighted by atomic mass is 10.1. The Morgan fingerprint density at radius 2 is 2.12 bits per heavy atom. The second kappa shape index (κ2) is 6.46. The first-order chi connectivity index (χ1) is 11.5. The van der Waals surface area contributed by atoms with Crippen molar-refractivity contribution in [1.82, 2.24) is 9.47 Å². The summed E-state index contributed by atoms with van der Waals surface area (Å²) >= 11 is 0. The van der Waals surface area contributed by atoms with Crippen molar-refractivity contribution in [2.45, 2.75) is 25.0 Å². The van der Waals surface area contributed by atoms with Gasteiger partial charge in [-0.3, -0.25) is 4.79 Å². The molecule has 0 saturated heterocycles. The van der Waals surface area contributed by atoms with Crippen LogP contribution >= 0.6 is 0 Å². The molecular formula is C18H18FN3O2. The zero-order valence-electron chi connectivity index (χ0n) is 13.3. The highest BCUT2D eigenvalue weighted by Gasteiger charge is 2.35. The quantitative estimate of drug-likeness (QED) is 0.916. The summed E-state index contributed by atoms with van der Waals surface area (Å²) in [6.07, 6.45) is 2.52. The molecule has 1 N–H and O–H groups in total. The predicted molar refractivity (Wildman–Crippen MR) is 85.5 cm³/mol. The first-order valence-corrected chi connectivity index (χ1v) is 7.80. The summed E-state index contributed by atoms with van der Waals surface area (Å²) in [5.74, 6) is -0.573. The molecule has 1 saturated carbocycles. The van der Waals surface area contributed by atoms with Crippen molar-refractivity contribution < 1.29 is 14.3 Å².